The standard InChI is InChI=1S/C17H23N3O2/c1-12(2)9-19(13-7-8-13)17(22)10-20-15-6-4-3-5-14(15)18-16(20)11-21/h3-6,12-13,21H,7-11H2,1-2H3. The fraction of sp³-hybridized carbons (Fsp3) is 0.529. The molecule has 0 saturated heterocycles. The molecule has 1 heterocycles. The lowest BCUT2D eigenvalue weighted by Crippen LogP contribution is -2.38. The highest BCUT2D eigenvalue weighted by atomic mass is 16.3. The van der Waals surface area contributed by atoms with Gasteiger partial charge in [-0.1, -0.05) is 26.0 Å². The molecule has 5 heteroatoms. The molecule has 0 spiro atoms. The summed E-state index contributed by atoms with van der Waals surface area (Å²) in [5.41, 5.74) is 1.72. The Morgan fingerprint density at radius 3 is 2.77 bits per heavy atom. The predicted octanol–water partition coefficient (Wildman–Crippen LogP) is 2.18. The summed E-state index contributed by atoms with van der Waals surface area (Å²) in [6.07, 6.45) is 2.21. The van der Waals surface area contributed by atoms with Crippen molar-refractivity contribution in [1.29, 1.82) is 0 Å². The van der Waals surface area contributed by atoms with Gasteiger partial charge in [0.25, 0.3) is 0 Å². The minimum absolute atomic E-state index is 0.119. The Balaban J connectivity index is 1.86. The lowest BCUT2D eigenvalue weighted by Gasteiger charge is -2.25. The summed E-state index contributed by atoms with van der Waals surface area (Å²) < 4.78 is 1.84. The van der Waals surface area contributed by atoms with Gasteiger partial charge in [0.2, 0.25) is 5.91 Å². The van der Waals surface area contributed by atoms with Gasteiger partial charge in [-0.25, -0.2) is 4.98 Å². The smallest absolute Gasteiger partial charge is 0.242 e. The van der Waals surface area contributed by atoms with Crippen LogP contribution in [0.2, 0.25) is 0 Å². The van der Waals surface area contributed by atoms with Crippen molar-refractivity contribution >= 4 is 16.9 Å². The Hall–Kier alpha value is -1.88. The van der Waals surface area contributed by atoms with Gasteiger partial charge in [-0.3, -0.25) is 4.79 Å². The Morgan fingerprint density at radius 1 is 1.41 bits per heavy atom. The van der Waals surface area contributed by atoms with E-state index in [9.17, 15) is 9.90 Å². The maximum absolute atomic E-state index is 12.7. The zero-order valence-electron chi connectivity index (χ0n) is 13.2. The van der Waals surface area contributed by atoms with Gasteiger partial charge in [-0.2, -0.15) is 0 Å². The molecule has 22 heavy (non-hydrogen) atoms. The molecule has 0 atom stereocenters. The number of aromatic nitrogens is 2. The highest BCUT2D eigenvalue weighted by Gasteiger charge is 2.33. The predicted molar refractivity (Wildman–Crippen MR) is 85.2 cm³/mol. The van der Waals surface area contributed by atoms with E-state index in [1.54, 1.807) is 0 Å². The van der Waals surface area contributed by atoms with E-state index in [1.165, 1.54) is 0 Å². The molecule has 1 saturated carbocycles. The number of nitrogens with zero attached hydrogens (tertiary/aromatic N) is 3. The number of carbonyl (C=O) groups is 1. The van der Waals surface area contributed by atoms with Crippen molar-refractivity contribution in [2.75, 3.05) is 6.54 Å². The fourth-order valence-corrected chi connectivity index (χ4v) is 2.88. The summed E-state index contributed by atoms with van der Waals surface area (Å²) in [4.78, 5) is 19.1. The van der Waals surface area contributed by atoms with Gasteiger partial charge < -0.3 is 14.6 Å². The molecule has 1 aromatic heterocycles. The van der Waals surface area contributed by atoms with Crippen LogP contribution < -0.4 is 0 Å². The number of para-hydroxylation sites is 2. The number of fused-ring (bicyclic) bond motifs is 1. The van der Waals surface area contributed by atoms with Crippen molar-refractivity contribution in [3.63, 3.8) is 0 Å². The van der Waals surface area contributed by atoms with Crippen LogP contribution in [0.25, 0.3) is 11.0 Å². The van der Waals surface area contributed by atoms with Crippen LogP contribution in [0.3, 0.4) is 0 Å². The minimum Gasteiger partial charge on any atom is -0.388 e. The third-order valence-electron chi connectivity index (χ3n) is 4.04. The molecule has 0 bridgehead atoms. The molecular formula is C17H23N3O2. The molecule has 2 aromatic rings. The van der Waals surface area contributed by atoms with Gasteiger partial charge in [-0.15, -0.1) is 0 Å². The molecule has 0 aliphatic heterocycles. The topological polar surface area (TPSA) is 58.4 Å². The van der Waals surface area contributed by atoms with E-state index >= 15 is 0 Å². The first-order valence-electron chi connectivity index (χ1n) is 7.94. The molecule has 3 rings (SSSR count). The Kier molecular flexibility index (Phi) is 4.16. The largest absolute Gasteiger partial charge is 0.388 e. The Morgan fingerprint density at radius 2 is 2.14 bits per heavy atom. The number of aliphatic hydroxyl groups excluding tert-OH is 1. The van der Waals surface area contributed by atoms with Crippen LogP contribution >= 0.6 is 0 Å². The average molecular weight is 301 g/mol. The molecule has 5 nitrogen and oxygen atoms in total. The van der Waals surface area contributed by atoms with Crippen molar-refractivity contribution in [2.45, 2.75) is 45.9 Å². The molecule has 0 radical (unpaired) electrons. The maximum atomic E-state index is 12.7. The highest BCUT2D eigenvalue weighted by Crippen LogP contribution is 2.28. The summed E-state index contributed by atoms with van der Waals surface area (Å²) in [5.74, 6) is 1.13. The monoisotopic (exact) mass is 301 g/mol. The molecule has 0 unspecified atom stereocenters. The second kappa shape index (κ2) is 6.08. The number of carbonyl (C=O) groups excluding carboxylic acids is 1. The first-order valence-corrected chi connectivity index (χ1v) is 7.94. The van der Waals surface area contributed by atoms with E-state index < -0.39 is 0 Å². The van der Waals surface area contributed by atoms with E-state index in [4.69, 9.17) is 0 Å². The lowest BCUT2D eigenvalue weighted by atomic mass is 10.2. The second-order valence-corrected chi connectivity index (χ2v) is 6.43. The van der Waals surface area contributed by atoms with Crippen LogP contribution in [0.4, 0.5) is 0 Å². The minimum atomic E-state index is -0.157. The number of imidazole rings is 1. The van der Waals surface area contributed by atoms with Crippen molar-refractivity contribution in [3.05, 3.63) is 30.1 Å². The highest BCUT2D eigenvalue weighted by molar-refractivity contribution is 5.81. The summed E-state index contributed by atoms with van der Waals surface area (Å²) >= 11 is 0. The van der Waals surface area contributed by atoms with E-state index in [0.717, 1.165) is 30.4 Å². The van der Waals surface area contributed by atoms with E-state index in [1.807, 2.05) is 33.7 Å². The van der Waals surface area contributed by atoms with Crippen LogP contribution in [-0.2, 0) is 17.9 Å². The third kappa shape index (κ3) is 2.99. The van der Waals surface area contributed by atoms with Gasteiger partial charge >= 0.3 is 0 Å². The SMILES string of the molecule is CC(C)CN(C(=O)Cn1c(CO)nc2ccccc21)C1CC1. The van der Waals surface area contributed by atoms with Crippen LogP contribution in [0.5, 0.6) is 0 Å². The molecule has 1 aromatic carbocycles. The van der Waals surface area contributed by atoms with Crippen molar-refractivity contribution < 1.29 is 9.90 Å². The zero-order valence-corrected chi connectivity index (χ0v) is 13.2. The first kappa shape index (κ1) is 15.0. The van der Waals surface area contributed by atoms with Gasteiger partial charge in [0.05, 0.1) is 11.0 Å². The number of hydrogen-bond donors (Lipinski definition) is 1. The van der Waals surface area contributed by atoms with Crippen LogP contribution in [-0.4, -0.2) is 38.1 Å². The van der Waals surface area contributed by atoms with Crippen LogP contribution in [0.1, 0.15) is 32.5 Å². The molecule has 1 fully saturated rings. The molecule has 1 amide bonds. The Bertz CT molecular complexity index is 674. The number of aliphatic hydroxyl groups is 1. The molecule has 1 aliphatic carbocycles. The van der Waals surface area contributed by atoms with E-state index in [0.29, 0.717) is 17.8 Å². The summed E-state index contributed by atoms with van der Waals surface area (Å²) in [7, 11) is 0. The first-order chi connectivity index (χ1) is 10.6. The summed E-state index contributed by atoms with van der Waals surface area (Å²) in [6, 6.07) is 8.10. The number of amides is 1. The Labute approximate surface area is 130 Å². The van der Waals surface area contributed by atoms with Gasteiger partial charge in [-0.05, 0) is 30.9 Å². The third-order valence-corrected chi connectivity index (χ3v) is 4.04. The average Bonchev–Trinajstić information content (AvgIpc) is 3.28. The van der Waals surface area contributed by atoms with Crippen molar-refractivity contribution in [3.8, 4) is 0 Å². The van der Waals surface area contributed by atoms with Crippen LogP contribution in [0.15, 0.2) is 24.3 Å². The zero-order chi connectivity index (χ0) is 15.7. The number of hydrogen-bond acceptors (Lipinski definition) is 3. The van der Waals surface area contributed by atoms with Crippen molar-refractivity contribution in [2.24, 2.45) is 5.92 Å². The quantitative estimate of drug-likeness (QED) is 0.889. The number of benzene rings is 1. The maximum Gasteiger partial charge on any atom is 0.242 e. The fourth-order valence-electron chi connectivity index (χ4n) is 2.88. The van der Waals surface area contributed by atoms with Crippen LogP contribution in [0, 0.1) is 5.92 Å². The summed E-state index contributed by atoms with van der Waals surface area (Å²) in [5, 5.41) is 9.53. The molecular weight excluding hydrogens is 278 g/mol. The summed E-state index contributed by atoms with van der Waals surface area (Å²) in [6.45, 7) is 5.16. The van der Waals surface area contributed by atoms with Gasteiger partial charge in [0.1, 0.15) is 19.0 Å². The van der Waals surface area contributed by atoms with E-state index in [2.05, 4.69) is 18.8 Å². The molecule has 1 aliphatic rings. The normalized spacial score (nSPS) is 14.7. The molecule has 1 N–H and O–H groups in total. The van der Waals surface area contributed by atoms with Gasteiger partial charge in [0, 0.05) is 12.6 Å². The number of rotatable bonds is 6. The lowest BCUT2D eigenvalue weighted by molar-refractivity contribution is -0.133. The second-order valence-electron chi connectivity index (χ2n) is 6.43. The van der Waals surface area contributed by atoms with Gasteiger partial charge in [0.15, 0.2) is 0 Å². The van der Waals surface area contributed by atoms with E-state index in [-0.39, 0.29) is 19.1 Å². The molecule has 118 valence electrons. The van der Waals surface area contributed by atoms with Crippen molar-refractivity contribution in [1.82, 2.24) is 14.5 Å².